The van der Waals surface area contributed by atoms with Gasteiger partial charge in [-0.3, -0.25) is 9.59 Å². The van der Waals surface area contributed by atoms with Gasteiger partial charge in [0, 0.05) is 12.6 Å². The van der Waals surface area contributed by atoms with Crippen LogP contribution in [-0.2, 0) is 9.53 Å². The summed E-state index contributed by atoms with van der Waals surface area (Å²) in [5.41, 5.74) is 1.56. The summed E-state index contributed by atoms with van der Waals surface area (Å²) in [5.74, 6) is -1.10. The van der Waals surface area contributed by atoms with Crippen molar-refractivity contribution >= 4 is 29.2 Å². The Morgan fingerprint density at radius 2 is 1.75 bits per heavy atom. The first-order valence-corrected chi connectivity index (χ1v) is 7.46. The van der Waals surface area contributed by atoms with Crippen molar-refractivity contribution in [3.63, 3.8) is 0 Å². The third kappa shape index (κ3) is 4.42. The van der Waals surface area contributed by atoms with Gasteiger partial charge in [0.2, 0.25) is 5.91 Å². The fourth-order valence-corrected chi connectivity index (χ4v) is 2.12. The molecule has 0 aliphatic heterocycles. The summed E-state index contributed by atoms with van der Waals surface area (Å²) in [7, 11) is 0. The van der Waals surface area contributed by atoms with Crippen LogP contribution in [0.2, 0.25) is 0 Å². The van der Waals surface area contributed by atoms with Crippen molar-refractivity contribution in [2.45, 2.75) is 13.8 Å². The Balaban J connectivity index is 2.20. The smallest absolute Gasteiger partial charge is 0.338 e. The van der Waals surface area contributed by atoms with Crippen LogP contribution in [-0.4, -0.2) is 24.4 Å². The zero-order valence-electron chi connectivity index (χ0n) is 13.5. The predicted octanol–water partition coefficient (Wildman–Crippen LogP) is 3.07. The molecular weight excluding hydrogens is 308 g/mol. The molecule has 0 spiro atoms. The van der Waals surface area contributed by atoms with E-state index in [9.17, 15) is 14.4 Å². The average molecular weight is 326 g/mol. The molecule has 124 valence electrons. The molecule has 0 unspecified atom stereocenters. The summed E-state index contributed by atoms with van der Waals surface area (Å²) in [4.78, 5) is 35.4. The zero-order chi connectivity index (χ0) is 17.5. The Morgan fingerprint density at radius 1 is 1.00 bits per heavy atom. The third-order valence-electron chi connectivity index (χ3n) is 3.11. The molecule has 0 fully saturated rings. The van der Waals surface area contributed by atoms with Gasteiger partial charge in [0.1, 0.15) is 0 Å². The minimum Gasteiger partial charge on any atom is -0.462 e. The van der Waals surface area contributed by atoms with Gasteiger partial charge in [-0.1, -0.05) is 18.2 Å². The maximum atomic E-state index is 12.4. The van der Waals surface area contributed by atoms with Crippen molar-refractivity contribution < 1.29 is 19.1 Å². The van der Waals surface area contributed by atoms with Crippen LogP contribution in [0.3, 0.4) is 0 Å². The molecule has 0 saturated carbocycles. The van der Waals surface area contributed by atoms with E-state index in [2.05, 4.69) is 10.6 Å². The molecule has 0 radical (unpaired) electrons. The van der Waals surface area contributed by atoms with Gasteiger partial charge in [-0.15, -0.1) is 0 Å². The molecule has 0 atom stereocenters. The first kappa shape index (κ1) is 17.2. The first-order valence-electron chi connectivity index (χ1n) is 7.46. The number of amides is 2. The normalized spacial score (nSPS) is 9.92. The molecular formula is C18H18N2O4. The lowest BCUT2D eigenvalue weighted by molar-refractivity contribution is -0.114. The lowest BCUT2D eigenvalue weighted by Gasteiger charge is -2.11. The molecule has 0 bridgehead atoms. The largest absolute Gasteiger partial charge is 0.462 e. The van der Waals surface area contributed by atoms with Crippen molar-refractivity contribution in [2.75, 3.05) is 17.2 Å². The second kappa shape index (κ2) is 7.92. The van der Waals surface area contributed by atoms with Crippen molar-refractivity contribution in [3.05, 3.63) is 59.7 Å². The molecule has 2 amide bonds. The fourth-order valence-electron chi connectivity index (χ4n) is 2.12. The number of rotatable bonds is 5. The molecule has 2 rings (SSSR count). The van der Waals surface area contributed by atoms with Crippen molar-refractivity contribution in [2.24, 2.45) is 0 Å². The number of esters is 1. The van der Waals surface area contributed by atoms with Crippen LogP contribution >= 0.6 is 0 Å². The van der Waals surface area contributed by atoms with Crippen molar-refractivity contribution in [1.82, 2.24) is 0 Å². The van der Waals surface area contributed by atoms with E-state index >= 15 is 0 Å². The summed E-state index contributed by atoms with van der Waals surface area (Å²) in [6, 6.07) is 13.2. The quantitative estimate of drug-likeness (QED) is 0.827. The van der Waals surface area contributed by atoms with E-state index in [4.69, 9.17) is 4.74 Å². The Hall–Kier alpha value is -3.15. The Kier molecular flexibility index (Phi) is 5.68. The number of anilines is 2. The van der Waals surface area contributed by atoms with E-state index < -0.39 is 5.97 Å². The number of hydrogen-bond acceptors (Lipinski definition) is 4. The Morgan fingerprint density at radius 3 is 2.46 bits per heavy atom. The van der Waals surface area contributed by atoms with E-state index in [1.54, 1.807) is 49.4 Å². The minimum atomic E-state index is -0.452. The van der Waals surface area contributed by atoms with Gasteiger partial charge >= 0.3 is 5.97 Å². The van der Waals surface area contributed by atoms with Crippen LogP contribution in [0, 0.1) is 0 Å². The van der Waals surface area contributed by atoms with Gasteiger partial charge < -0.3 is 15.4 Å². The van der Waals surface area contributed by atoms with Gasteiger partial charge in [0.15, 0.2) is 0 Å². The molecule has 6 heteroatoms. The van der Waals surface area contributed by atoms with Crippen LogP contribution in [0.1, 0.15) is 34.6 Å². The second-order valence-corrected chi connectivity index (χ2v) is 4.98. The minimum absolute atomic E-state index is 0.264. The molecule has 24 heavy (non-hydrogen) atoms. The molecule has 2 N–H and O–H groups in total. The SMILES string of the molecule is CCOC(=O)c1cccc(NC(=O)c2ccccc2NC(C)=O)c1. The average Bonchev–Trinajstić information content (AvgIpc) is 2.55. The summed E-state index contributed by atoms with van der Waals surface area (Å²) >= 11 is 0. The van der Waals surface area contributed by atoms with Crippen LogP contribution in [0.25, 0.3) is 0 Å². The predicted molar refractivity (Wildman–Crippen MR) is 91.1 cm³/mol. The zero-order valence-corrected chi connectivity index (χ0v) is 13.5. The molecule has 6 nitrogen and oxygen atoms in total. The highest BCUT2D eigenvalue weighted by Gasteiger charge is 2.13. The highest BCUT2D eigenvalue weighted by molar-refractivity contribution is 6.10. The number of hydrogen-bond donors (Lipinski definition) is 2. The number of ether oxygens (including phenoxy) is 1. The van der Waals surface area contributed by atoms with E-state index in [0.717, 1.165) is 0 Å². The van der Waals surface area contributed by atoms with E-state index in [0.29, 0.717) is 22.5 Å². The fraction of sp³-hybridized carbons (Fsp3) is 0.167. The summed E-state index contributed by atoms with van der Waals surface area (Å²) in [5, 5.41) is 5.32. The van der Waals surface area contributed by atoms with Crippen molar-refractivity contribution in [3.8, 4) is 0 Å². The number of nitrogens with one attached hydrogen (secondary N) is 2. The Bertz CT molecular complexity index is 771. The third-order valence-corrected chi connectivity index (χ3v) is 3.11. The molecule has 0 aliphatic rings. The van der Waals surface area contributed by atoms with Crippen LogP contribution in [0.15, 0.2) is 48.5 Å². The van der Waals surface area contributed by atoms with Crippen LogP contribution < -0.4 is 10.6 Å². The van der Waals surface area contributed by atoms with E-state index in [1.807, 2.05) is 0 Å². The number of carbonyl (C=O) groups excluding carboxylic acids is 3. The molecule has 2 aromatic rings. The molecule has 0 aromatic heterocycles. The molecule has 0 saturated heterocycles. The lowest BCUT2D eigenvalue weighted by Crippen LogP contribution is -2.16. The number of carbonyl (C=O) groups is 3. The van der Waals surface area contributed by atoms with Gasteiger partial charge in [-0.25, -0.2) is 4.79 Å². The monoisotopic (exact) mass is 326 g/mol. The van der Waals surface area contributed by atoms with Crippen LogP contribution in [0.4, 0.5) is 11.4 Å². The van der Waals surface area contributed by atoms with Gasteiger partial charge in [0.05, 0.1) is 23.4 Å². The Labute approximate surface area is 139 Å². The standard InChI is InChI=1S/C18H18N2O4/c1-3-24-18(23)13-7-6-8-14(11-13)20-17(22)15-9-4-5-10-16(15)19-12(2)21/h4-11H,3H2,1-2H3,(H,19,21)(H,20,22). The number of para-hydroxylation sites is 1. The summed E-state index contributed by atoms with van der Waals surface area (Å²) in [6.07, 6.45) is 0. The first-order chi connectivity index (χ1) is 11.5. The topological polar surface area (TPSA) is 84.5 Å². The molecule has 0 heterocycles. The van der Waals surface area contributed by atoms with E-state index in [1.165, 1.54) is 13.0 Å². The van der Waals surface area contributed by atoms with Gasteiger partial charge in [0.25, 0.3) is 5.91 Å². The van der Waals surface area contributed by atoms with Gasteiger partial charge in [-0.2, -0.15) is 0 Å². The molecule has 0 aliphatic carbocycles. The van der Waals surface area contributed by atoms with Crippen molar-refractivity contribution in [1.29, 1.82) is 0 Å². The number of benzene rings is 2. The maximum Gasteiger partial charge on any atom is 0.338 e. The second-order valence-electron chi connectivity index (χ2n) is 4.98. The van der Waals surface area contributed by atoms with E-state index in [-0.39, 0.29) is 18.4 Å². The highest BCUT2D eigenvalue weighted by Crippen LogP contribution is 2.18. The van der Waals surface area contributed by atoms with Crippen LogP contribution in [0.5, 0.6) is 0 Å². The van der Waals surface area contributed by atoms with Gasteiger partial charge in [-0.05, 0) is 37.3 Å². The molecule has 2 aromatic carbocycles. The summed E-state index contributed by atoms with van der Waals surface area (Å²) in [6.45, 7) is 3.37. The maximum absolute atomic E-state index is 12.4. The summed E-state index contributed by atoms with van der Waals surface area (Å²) < 4.78 is 4.94. The lowest BCUT2D eigenvalue weighted by atomic mass is 10.1. The highest BCUT2D eigenvalue weighted by atomic mass is 16.5.